The molecule has 0 aliphatic carbocycles. The van der Waals surface area contributed by atoms with E-state index in [0.29, 0.717) is 64.4 Å². The zero-order valence-corrected chi connectivity index (χ0v) is 19.3. The highest BCUT2D eigenvalue weighted by atomic mass is 32.2. The number of halogens is 2. The van der Waals surface area contributed by atoms with Crippen LogP contribution in [-0.2, 0) is 9.53 Å². The highest BCUT2D eigenvalue weighted by Gasteiger charge is 2.25. The maximum absolute atomic E-state index is 13.6. The summed E-state index contributed by atoms with van der Waals surface area (Å²) in [5.74, 6) is 0.522. The first-order chi connectivity index (χ1) is 16.0. The molecule has 4 rings (SSSR count). The summed E-state index contributed by atoms with van der Waals surface area (Å²) >= 11 is 1.75. The van der Waals surface area contributed by atoms with Gasteiger partial charge in [0.05, 0.1) is 18.8 Å². The van der Waals surface area contributed by atoms with E-state index in [1.165, 1.54) is 6.20 Å². The van der Waals surface area contributed by atoms with Crippen LogP contribution in [0.2, 0.25) is 0 Å². The minimum atomic E-state index is -2.87. The molecule has 180 valence electrons. The van der Waals surface area contributed by atoms with Gasteiger partial charge in [0.15, 0.2) is 5.82 Å². The first-order valence-corrected chi connectivity index (χ1v) is 11.9. The van der Waals surface area contributed by atoms with Gasteiger partial charge < -0.3 is 25.2 Å². The number of hydrogen-bond acceptors (Lipinski definition) is 11. The molecule has 14 heteroatoms. The van der Waals surface area contributed by atoms with Gasteiger partial charge >= 0.3 is 0 Å². The Bertz CT molecular complexity index is 926. The fourth-order valence-electron chi connectivity index (χ4n) is 3.30. The lowest BCUT2D eigenvalue weighted by atomic mass is 10.2. The van der Waals surface area contributed by atoms with Gasteiger partial charge in [-0.05, 0) is 12.5 Å². The second-order valence-corrected chi connectivity index (χ2v) is 8.04. The quantitative estimate of drug-likeness (QED) is 0.611. The SMILES string of the molecule is CSC.Nc1ncc(-c2nc(N3CCOCC3)nc(N3CCN(C=O)CC3)n2)c(C(F)F)n1. The van der Waals surface area contributed by atoms with Crippen LogP contribution < -0.4 is 15.5 Å². The summed E-state index contributed by atoms with van der Waals surface area (Å²) in [6.07, 6.45) is 3.22. The van der Waals surface area contributed by atoms with Crippen molar-refractivity contribution in [3.8, 4) is 11.4 Å². The Morgan fingerprint density at radius 1 is 1.00 bits per heavy atom. The van der Waals surface area contributed by atoms with Gasteiger partial charge in [-0.25, -0.2) is 18.7 Å². The van der Waals surface area contributed by atoms with E-state index in [0.717, 1.165) is 6.41 Å². The number of alkyl halides is 2. The zero-order valence-electron chi connectivity index (χ0n) is 18.5. The average Bonchev–Trinajstić information content (AvgIpc) is 2.85. The van der Waals surface area contributed by atoms with Crippen molar-refractivity contribution in [2.75, 3.05) is 80.5 Å². The number of thioether (sulfide) groups is 1. The van der Waals surface area contributed by atoms with Crippen molar-refractivity contribution in [3.05, 3.63) is 11.9 Å². The fourth-order valence-corrected chi connectivity index (χ4v) is 3.30. The Morgan fingerprint density at radius 2 is 1.58 bits per heavy atom. The van der Waals surface area contributed by atoms with E-state index in [-0.39, 0.29) is 17.3 Å². The summed E-state index contributed by atoms with van der Waals surface area (Å²) < 4.78 is 32.6. The van der Waals surface area contributed by atoms with Crippen molar-refractivity contribution in [2.45, 2.75) is 6.43 Å². The average molecular weight is 484 g/mol. The molecule has 2 fully saturated rings. The number of nitrogen functional groups attached to an aromatic ring is 1. The topological polar surface area (TPSA) is 126 Å². The van der Waals surface area contributed by atoms with Crippen molar-refractivity contribution >= 4 is 36.0 Å². The number of morpholine rings is 1. The summed E-state index contributed by atoms with van der Waals surface area (Å²) in [5, 5.41) is 0. The van der Waals surface area contributed by atoms with Crippen LogP contribution in [-0.4, -0.2) is 101 Å². The van der Waals surface area contributed by atoms with E-state index in [4.69, 9.17) is 10.5 Å². The Labute approximate surface area is 194 Å². The summed E-state index contributed by atoms with van der Waals surface area (Å²) in [6.45, 7) is 4.25. The van der Waals surface area contributed by atoms with Gasteiger partial charge in [0, 0.05) is 45.5 Å². The Kier molecular flexibility index (Phi) is 8.88. The zero-order chi connectivity index (χ0) is 23.8. The van der Waals surface area contributed by atoms with Crippen LogP contribution in [0.25, 0.3) is 11.4 Å². The van der Waals surface area contributed by atoms with Gasteiger partial charge in [0.1, 0.15) is 5.69 Å². The molecule has 0 unspecified atom stereocenters. The molecule has 0 atom stereocenters. The number of piperazine rings is 1. The molecule has 2 saturated heterocycles. The first-order valence-electron chi connectivity index (χ1n) is 10.3. The molecule has 11 nitrogen and oxygen atoms in total. The maximum Gasteiger partial charge on any atom is 0.281 e. The number of rotatable bonds is 5. The second kappa shape index (κ2) is 11.8. The largest absolute Gasteiger partial charge is 0.378 e. The normalized spacial score (nSPS) is 16.5. The van der Waals surface area contributed by atoms with Gasteiger partial charge in [-0.3, -0.25) is 4.79 Å². The molecule has 0 saturated carbocycles. The summed E-state index contributed by atoms with van der Waals surface area (Å²) in [5.41, 5.74) is 4.97. The molecule has 0 spiro atoms. The van der Waals surface area contributed by atoms with Crippen LogP contribution in [0, 0.1) is 0 Å². The van der Waals surface area contributed by atoms with E-state index in [2.05, 4.69) is 24.9 Å². The predicted molar refractivity (Wildman–Crippen MR) is 123 cm³/mol. The Morgan fingerprint density at radius 3 is 2.12 bits per heavy atom. The van der Waals surface area contributed by atoms with Gasteiger partial charge in [-0.15, -0.1) is 0 Å². The highest BCUT2D eigenvalue weighted by molar-refractivity contribution is 7.97. The molecule has 0 bridgehead atoms. The lowest BCUT2D eigenvalue weighted by Gasteiger charge is -2.33. The predicted octanol–water partition coefficient (Wildman–Crippen LogP) is 0.943. The number of anilines is 3. The summed E-state index contributed by atoms with van der Waals surface area (Å²) in [7, 11) is 0. The van der Waals surface area contributed by atoms with E-state index in [1.807, 2.05) is 22.3 Å². The summed E-state index contributed by atoms with van der Waals surface area (Å²) in [6, 6.07) is 0. The minimum absolute atomic E-state index is 0.00360. The van der Waals surface area contributed by atoms with Crippen molar-refractivity contribution < 1.29 is 18.3 Å². The number of nitrogens with zero attached hydrogens (tertiary/aromatic N) is 8. The lowest BCUT2D eigenvalue weighted by molar-refractivity contribution is -0.118. The third kappa shape index (κ3) is 6.35. The molecule has 2 aliphatic heterocycles. The number of nitrogens with two attached hydrogens (primary N) is 1. The van der Waals surface area contributed by atoms with Crippen LogP contribution in [0.4, 0.5) is 26.6 Å². The van der Waals surface area contributed by atoms with Crippen molar-refractivity contribution in [2.24, 2.45) is 0 Å². The molecule has 2 aromatic heterocycles. The number of hydrogen-bond donors (Lipinski definition) is 1. The second-order valence-electron chi connectivity index (χ2n) is 7.22. The molecule has 2 aliphatic rings. The van der Waals surface area contributed by atoms with Crippen LogP contribution in [0.1, 0.15) is 12.1 Å². The van der Waals surface area contributed by atoms with Gasteiger partial charge in [-0.2, -0.15) is 26.7 Å². The molecule has 1 amide bonds. The molecule has 2 aromatic rings. The van der Waals surface area contributed by atoms with Crippen molar-refractivity contribution in [1.29, 1.82) is 0 Å². The van der Waals surface area contributed by atoms with E-state index >= 15 is 0 Å². The van der Waals surface area contributed by atoms with E-state index in [9.17, 15) is 13.6 Å². The molecule has 33 heavy (non-hydrogen) atoms. The third-order valence-electron chi connectivity index (χ3n) is 4.94. The molecule has 0 aromatic carbocycles. The number of aromatic nitrogens is 5. The van der Waals surface area contributed by atoms with Crippen molar-refractivity contribution in [3.63, 3.8) is 0 Å². The lowest BCUT2D eigenvalue weighted by Crippen LogP contribution is -2.46. The molecule has 2 N–H and O–H groups in total. The molecular formula is C19H27F2N9O2S. The molecule has 0 radical (unpaired) electrons. The smallest absolute Gasteiger partial charge is 0.281 e. The Balaban J connectivity index is 0.000000968. The van der Waals surface area contributed by atoms with Crippen molar-refractivity contribution in [1.82, 2.24) is 29.8 Å². The maximum atomic E-state index is 13.6. The van der Waals surface area contributed by atoms with Crippen LogP contribution in [0.5, 0.6) is 0 Å². The number of carbonyl (C=O) groups is 1. The van der Waals surface area contributed by atoms with Gasteiger partial charge in [0.2, 0.25) is 24.3 Å². The van der Waals surface area contributed by atoms with Crippen LogP contribution in [0.15, 0.2) is 6.20 Å². The first kappa shape index (κ1) is 24.8. The van der Waals surface area contributed by atoms with Crippen LogP contribution >= 0.6 is 11.8 Å². The fraction of sp³-hybridized carbons (Fsp3) is 0.579. The van der Waals surface area contributed by atoms with Gasteiger partial charge in [0.25, 0.3) is 6.43 Å². The third-order valence-corrected chi connectivity index (χ3v) is 4.94. The number of carbonyl (C=O) groups excluding carboxylic acids is 1. The molecular weight excluding hydrogens is 456 g/mol. The summed E-state index contributed by atoms with van der Waals surface area (Å²) in [4.78, 5) is 37.4. The van der Waals surface area contributed by atoms with E-state index in [1.54, 1.807) is 16.7 Å². The highest BCUT2D eigenvalue weighted by Crippen LogP contribution is 2.29. The van der Waals surface area contributed by atoms with Gasteiger partial charge in [-0.1, -0.05) is 0 Å². The standard InChI is InChI=1S/C17H21F2N9O2.C2H6S/c18-13(19)12-11(9-21-15(20)22-12)14-23-16(27-3-1-26(10-29)2-4-27)25-17(24-14)28-5-7-30-8-6-28;1-3-2/h9-10,13H,1-8H2,(H2,20,21,22);1-2H3. The van der Waals surface area contributed by atoms with E-state index < -0.39 is 12.1 Å². The number of ether oxygens (including phenoxy) is 1. The number of amides is 1. The Hall–Kier alpha value is -2.87. The molecule has 4 heterocycles. The minimum Gasteiger partial charge on any atom is -0.378 e. The monoisotopic (exact) mass is 483 g/mol. The van der Waals surface area contributed by atoms with Crippen LogP contribution in [0.3, 0.4) is 0 Å².